The van der Waals surface area contributed by atoms with Gasteiger partial charge in [0, 0.05) is 57.8 Å². The van der Waals surface area contributed by atoms with Crippen LogP contribution in [-0.2, 0) is 19.9 Å². The lowest BCUT2D eigenvalue weighted by atomic mass is 9.97. The van der Waals surface area contributed by atoms with E-state index in [2.05, 4.69) is 20.7 Å². The van der Waals surface area contributed by atoms with Gasteiger partial charge in [0.05, 0.1) is 22.0 Å². The van der Waals surface area contributed by atoms with Gasteiger partial charge in [-0.1, -0.05) is 23.7 Å². The molecule has 0 saturated carbocycles. The third kappa shape index (κ3) is 4.11. The van der Waals surface area contributed by atoms with Crippen LogP contribution in [0, 0.1) is 0 Å². The second kappa shape index (κ2) is 8.39. The Kier molecular flexibility index (Phi) is 5.65. The number of hydrogen-bond acceptors (Lipinski definition) is 5. The first-order valence-corrected chi connectivity index (χ1v) is 10.3. The third-order valence-electron chi connectivity index (χ3n) is 5.33. The van der Waals surface area contributed by atoms with Gasteiger partial charge in [0.1, 0.15) is 0 Å². The molecule has 1 aliphatic heterocycles. The average molecular weight is 439 g/mol. The molecule has 0 saturated heterocycles. The molecule has 0 fully saturated rings. The summed E-state index contributed by atoms with van der Waals surface area (Å²) in [7, 11) is 5.14. The monoisotopic (exact) mass is 438 g/mol. The molecule has 3 heterocycles. The Bertz CT molecular complexity index is 1170. The average Bonchev–Trinajstić information content (AvgIpc) is 3.12. The van der Waals surface area contributed by atoms with Gasteiger partial charge in [-0.2, -0.15) is 5.10 Å². The highest BCUT2D eigenvalue weighted by molar-refractivity contribution is 6.33. The van der Waals surface area contributed by atoms with Crippen LogP contribution < -0.4 is 10.6 Å². The first-order valence-electron chi connectivity index (χ1n) is 9.90. The molecule has 0 radical (unpaired) electrons. The quantitative estimate of drug-likeness (QED) is 0.639. The Morgan fingerprint density at radius 3 is 2.84 bits per heavy atom. The highest BCUT2D eigenvalue weighted by atomic mass is 35.5. The lowest BCUT2D eigenvalue weighted by Crippen LogP contribution is -2.34. The van der Waals surface area contributed by atoms with Crippen molar-refractivity contribution in [2.75, 3.05) is 26.0 Å². The van der Waals surface area contributed by atoms with Crippen LogP contribution in [0.2, 0.25) is 5.02 Å². The Morgan fingerprint density at radius 2 is 2.06 bits per heavy atom. The van der Waals surface area contributed by atoms with Gasteiger partial charge < -0.3 is 15.5 Å². The number of nitrogens with one attached hydrogen (secondary N) is 2. The Hall–Kier alpha value is -3.39. The molecule has 3 aromatic rings. The maximum Gasteiger partial charge on any atom is 0.271 e. The molecular weight excluding hydrogens is 416 g/mol. The molecule has 0 spiro atoms. The smallest absolute Gasteiger partial charge is 0.271 e. The highest BCUT2D eigenvalue weighted by Crippen LogP contribution is 2.31. The van der Waals surface area contributed by atoms with Crippen molar-refractivity contribution >= 4 is 34.8 Å². The van der Waals surface area contributed by atoms with Crippen LogP contribution in [-0.4, -0.2) is 52.1 Å². The van der Waals surface area contributed by atoms with E-state index in [1.807, 2.05) is 24.3 Å². The number of anilines is 2. The minimum Gasteiger partial charge on any atom is -0.354 e. The molecule has 2 aromatic heterocycles. The maximum atomic E-state index is 12.7. The molecule has 0 unspecified atom stereocenters. The maximum absolute atomic E-state index is 12.7. The predicted molar refractivity (Wildman–Crippen MR) is 119 cm³/mol. The predicted octanol–water partition coefficient (Wildman–Crippen LogP) is 2.79. The summed E-state index contributed by atoms with van der Waals surface area (Å²) in [5.41, 5.74) is 4.88. The summed E-state index contributed by atoms with van der Waals surface area (Å²) in [5.74, 6) is -0.262. The number of nitrogens with zero attached hydrogens (tertiary/aromatic N) is 4. The summed E-state index contributed by atoms with van der Waals surface area (Å²) in [6.07, 6.45) is 4.59. The Labute approximate surface area is 185 Å². The van der Waals surface area contributed by atoms with E-state index in [1.54, 1.807) is 43.1 Å². The normalized spacial score (nSPS) is 13.2. The van der Waals surface area contributed by atoms with Crippen molar-refractivity contribution in [2.45, 2.75) is 12.8 Å². The molecule has 0 atom stereocenters. The second-order valence-electron chi connectivity index (χ2n) is 7.53. The van der Waals surface area contributed by atoms with Crippen LogP contribution in [0.15, 0.2) is 36.7 Å². The lowest BCUT2D eigenvalue weighted by Gasteiger charge is -2.27. The van der Waals surface area contributed by atoms with Crippen LogP contribution in [0.3, 0.4) is 0 Å². The zero-order valence-electron chi connectivity index (χ0n) is 17.6. The molecular formula is C22H23ClN6O2. The lowest BCUT2D eigenvalue weighted by molar-refractivity contribution is 0.0781. The van der Waals surface area contributed by atoms with Gasteiger partial charge in [-0.3, -0.25) is 19.3 Å². The van der Waals surface area contributed by atoms with Crippen molar-refractivity contribution in [3.8, 4) is 0 Å². The zero-order valence-corrected chi connectivity index (χ0v) is 18.3. The highest BCUT2D eigenvalue weighted by Gasteiger charge is 2.25. The molecule has 2 N–H and O–H groups in total. The van der Waals surface area contributed by atoms with E-state index in [9.17, 15) is 9.59 Å². The van der Waals surface area contributed by atoms with E-state index < -0.39 is 0 Å². The standard InChI is InChI=1S/C22H23ClN6O2/c1-24-21(30)20-14(12-29(3)27-20)9-15-10-18(16(23)11-25-15)26-17-6-4-5-13-7-8-28(2)22(31)19(13)17/h4-6,10-12H,7-9H2,1-3H3,(H,24,30)(H,25,26). The number of likely N-dealkylation sites (N-methyl/N-ethyl adjacent to an activating group) is 1. The summed E-state index contributed by atoms with van der Waals surface area (Å²) in [6.45, 7) is 0.703. The number of benzene rings is 1. The van der Waals surface area contributed by atoms with Crippen LogP contribution in [0.5, 0.6) is 0 Å². The number of carbonyl (C=O) groups is 2. The SMILES string of the molecule is CNC(=O)c1nn(C)cc1Cc1cc(Nc2cccc3c2C(=O)N(C)CC3)c(Cl)cn1. The Morgan fingerprint density at radius 1 is 1.26 bits per heavy atom. The van der Waals surface area contributed by atoms with E-state index in [0.717, 1.165) is 23.2 Å². The number of pyridine rings is 1. The summed E-state index contributed by atoms with van der Waals surface area (Å²) < 4.78 is 1.60. The molecule has 4 rings (SSSR count). The number of hydrogen-bond donors (Lipinski definition) is 2. The molecule has 0 bridgehead atoms. The summed E-state index contributed by atoms with van der Waals surface area (Å²) in [4.78, 5) is 31.0. The van der Waals surface area contributed by atoms with Gasteiger partial charge in [-0.05, 0) is 24.1 Å². The number of halogens is 1. The van der Waals surface area contributed by atoms with Gasteiger partial charge >= 0.3 is 0 Å². The van der Waals surface area contributed by atoms with Gasteiger partial charge in [0.15, 0.2) is 5.69 Å². The molecule has 1 aliphatic rings. The van der Waals surface area contributed by atoms with Gasteiger partial charge in [-0.15, -0.1) is 0 Å². The second-order valence-corrected chi connectivity index (χ2v) is 7.94. The van der Waals surface area contributed by atoms with Crippen molar-refractivity contribution in [1.82, 2.24) is 25.0 Å². The molecule has 31 heavy (non-hydrogen) atoms. The molecule has 0 aliphatic carbocycles. The molecule has 8 nitrogen and oxygen atoms in total. The summed E-state index contributed by atoms with van der Waals surface area (Å²) >= 11 is 6.40. The van der Waals surface area contributed by atoms with E-state index in [1.165, 1.54) is 0 Å². The first kappa shape index (κ1) is 20.9. The van der Waals surface area contributed by atoms with E-state index in [4.69, 9.17) is 11.6 Å². The van der Waals surface area contributed by atoms with Crippen LogP contribution >= 0.6 is 11.6 Å². The number of carbonyl (C=O) groups excluding carboxylic acids is 2. The fourth-order valence-corrected chi connectivity index (χ4v) is 3.89. The van der Waals surface area contributed by atoms with Crippen LogP contribution in [0.25, 0.3) is 0 Å². The molecule has 1 aromatic carbocycles. The Balaban J connectivity index is 1.65. The zero-order chi connectivity index (χ0) is 22.1. The molecule has 160 valence electrons. The minimum atomic E-state index is -0.249. The van der Waals surface area contributed by atoms with Crippen molar-refractivity contribution in [2.24, 2.45) is 7.05 Å². The largest absolute Gasteiger partial charge is 0.354 e. The first-order chi connectivity index (χ1) is 14.9. The van der Waals surface area contributed by atoms with E-state index >= 15 is 0 Å². The van der Waals surface area contributed by atoms with Gasteiger partial charge in [-0.25, -0.2) is 0 Å². The van der Waals surface area contributed by atoms with Crippen LogP contribution in [0.1, 0.15) is 37.7 Å². The summed E-state index contributed by atoms with van der Waals surface area (Å²) in [6, 6.07) is 7.62. The molecule has 9 heteroatoms. The topological polar surface area (TPSA) is 92.2 Å². The summed E-state index contributed by atoms with van der Waals surface area (Å²) in [5, 5.41) is 10.6. The van der Waals surface area contributed by atoms with Crippen LogP contribution in [0.4, 0.5) is 11.4 Å². The van der Waals surface area contributed by atoms with Crippen molar-refractivity contribution < 1.29 is 9.59 Å². The third-order valence-corrected chi connectivity index (χ3v) is 5.63. The fraction of sp³-hybridized carbons (Fsp3) is 0.273. The number of rotatable bonds is 5. The van der Waals surface area contributed by atoms with E-state index in [-0.39, 0.29) is 11.8 Å². The molecule has 2 amide bonds. The number of aryl methyl sites for hydroxylation is 1. The van der Waals surface area contributed by atoms with Gasteiger partial charge in [0.25, 0.3) is 11.8 Å². The van der Waals surface area contributed by atoms with Crippen molar-refractivity contribution in [1.29, 1.82) is 0 Å². The fourth-order valence-electron chi connectivity index (χ4n) is 3.74. The van der Waals surface area contributed by atoms with E-state index in [0.29, 0.717) is 40.6 Å². The van der Waals surface area contributed by atoms with Crippen molar-refractivity contribution in [3.63, 3.8) is 0 Å². The minimum absolute atomic E-state index is 0.0136. The van der Waals surface area contributed by atoms with Crippen molar-refractivity contribution in [3.05, 3.63) is 69.8 Å². The number of aromatic nitrogens is 3. The number of amides is 2. The number of fused-ring (bicyclic) bond motifs is 1. The van der Waals surface area contributed by atoms with Gasteiger partial charge in [0.2, 0.25) is 0 Å².